The van der Waals surface area contributed by atoms with Crippen molar-refractivity contribution in [2.24, 2.45) is 0 Å². The summed E-state index contributed by atoms with van der Waals surface area (Å²) in [6.45, 7) is 0. The molecule has 11 heteroatoms. The molecular weight excluding hydrogens is 355 g/mol. The zero-order chi connectivity index (χ0) is 0. The summed E-state index contributed by atoms with van der Waals surface area (Å²) in [5.74, 6) is 0. The van der Waals surface area contributed by atoms with E-state index < -0.39 is 0 Å². The Morgan fingerprint density at radius 1 is 0.364 bits per heavy atom. The van der Waals surface area contributed by atoms with Gasteiger partial charge in [-0.05, 0) is 0 Å². The molecular formula is H2Fe2Na2Ni2O5. The van der Waals surface area contributed by atoms with Crippen molar-refractivity contribution in [2.45, 2.75) is 0 Å². The first-order valence-electron chi connectivity index (χ1n) is 0. The Morgan fingerprint density at radius 3 is 0.364 bits per heavy atom. The third-order valence-electron chi connectivity index (χ3n) is 0. The van der Waals surface area contributed by atoms with Gasteiger partial charge in [0, 0.05) is 0 Å². The molecule has 11 heavy (non-hydrogen) atoms. The molecule has 0 N–H and O–H groups in total. The summed E-state index contributed by atoms with van der Waals surface area (Å²) in [5.41, 5.74) is 0. The van der Waals surface area contributed by atoms with Crippen molar-refractivity contribution in [1.29, 1.82) is 0 Å². The molecule has 0 aromatic rings. The maximum atomic E-state index is 0. The summed E-state index contributed by atoms with van der Waals surface area (Å²) in [5, 5.41) is 0. The molecule has 0 rings (SSSR count). The van der Waals surface area contributed by atoms with Crippen molar-refractivity contribution in [2.75, 3.05) is 0 Å². The molecule has 70 valence electrons. The van der Waals surface area contributed by atoms with Gasteiger partial charge in [-0.25, -0.2) is 0 Å². The second-order valence-electron chi connectivity index (χ2n) is 0. The molecule has 0 atom stereocenters. The van der Waals surface area contributed by atoms with Gasteiger partial charge in [0.25, 0.3) is 0 Å². The molecule has 0 saturated carbocycles. The van der Waals surface area contributed by atoms with Gasteiger partial charge in [0.15, 0.2) is 0 Å². The van der Waals surface area contributed by atoms with Gasteiger partial charge in [-0.1, -0.05) is 0 Å². The van der Waals surface area contributed by atoms with Crippen LogP contribution in [0.15, 0.2) is 0 Å². The molecule has 0 aliphatic carbocycles. The molecule has 0 saturated heterocycles. The van der Waals surface area contributed by atoms with Crippen LogP contribution in [-0.2, 0) is 94.5 Å². The van der Waals surface area contributed by atoms with Crippen LogP contribution >= 0.6 is 0 Å². The summed E-state index contributed by atoms with van der Waals surface area (Å²) in [6.07, 6.45) is 0. The van der Waals surface area contributed by atoms with Crippen molar-refractivity contribution in [1.82, 2.24) is 0 Å². The third kappa shape index (κ3) is 132. The molecule has 0 aliphatic rings. The van der Waals surface area contributed by atoms with E-state index in [0.29, 0.717) is 0 Å². The molecule has 2 radical (unpaired) electrons. The summed E-state index contributed by atoms with van der Waals surface area (Å²) in [6, 6.07) is 0. The Labute approximate surface area is 151 Å². The van der Waals surface area contributed by atoms with Crippen molar-refractivity contribution >= 4 is 59.1 Å². The van der Waals surface area contributed by atoms with Crippen LogP contribution in [0, 0.1) is 0 Å². The summed E-state index contributed by atoms with van der Waals surface area (Å²) < 4.78 is 0. The zero-order valence-electron chi connectivity index (χ0n) is 3.38. The Morgan fingerprint density at radius 2 is 0.364 bits per heavy atom. The van der Waals surface area contributed by atoms with Crippen LogP contribution in [0.3, 0.4) is 0 Å². The van der Waals surface area contributed by atoms with Gasteiger partial charge in [0.1, 0.15) is 0 Å². The van der Waals surface area contributed by atoms with Crippen molar-refractivity contribution in [3.05, 3.63) is 0 Å². The quantitative estimate of drug-likeness (QED) is 0.447. The summed E-state index contributed by atoms with van der Waals surface area (Å²) in [7, 11) is 0. The van der Waals surface area contributed by atoms with Crippen LogP contribution in [-0.4, -0.2) is 59.1 Å². The van der Waals surface area contributed by atoms with E-state index in [1.54, 1.807) is 0 Å². The third-order valence-corrected chi connectivity index (χ3v) is 0. The molecule has 0 bridgehead atoms. The smallest absolute Gasteiger partial charge is 2.00 e. The fourth-order valence-electron chi connectivity index (χ4n) is 0. The largest absolute Gasteiger partial charge is 2.00 e. The molecule has 0 aliphatic heterocycles. The predicted octanol–water partition coefficient (Wildman–Crippen LogP) is -1.90. The number of hydrogen-bond acceptors (Lipinski definition) is 0. The standard InChI is InChI=1S/2Fe.2Na.2Ni.5O.2H/q2*+3;;;2*+2;5*-2;;. The monoisotopic (exact) mass is 356 g/mol. The van der Waals surface area contributed by atoms with E-state index in [-0.39, 0.29) is 154 Å². The number of hydrogen-bond donors (Lipinski definition) is 0. The predicted molar refractivity (Wildman–Crippen MR) is 17.7 cm³/mol. The van der Waals surface area contributed by atoms with Crippen LogP contribution in [0.25, 0.3) is 0 Å². The van der Waals surface area contributed by atoms with E-state index in [1.807, 2.05) is 0 Å². The summed E-state index contributed by atoms with van der Waals surface area (Å²) >= 11 is 0. The molecule has 0 aromatic carbocycles. The fourth-order valence-corrected chi connectivity index (χ4v) is 0. The first kappa shape index (κ1) is 194. The van der Waals surface area contributed by atoms with Crippen molar-refractivity contribution < 1.29 is 94.5 Å². The Bertz CT molecular complexity index is 20.4. The van der Waals surface area contributed by atoms with Crippen LogP contribution < -0.4 is 0 Å². The van der Waals surface area contributed by atoms with Crippen LogP contribution in [0.4, 0.5) is 0 Å². The maximum absolute atomic E-state index is 0. The van der Waals surface area contributed by atoms with Gasteiger partial charge in [-0.15, -0.1) is 0 Å². The van der Waals surface area contributed by atoms with E-state index in [4.69, 9.17) is 0 Å². The van der Waals surface area contributed by atoms with Gasteiger partial charge in [-0.2, -0.15) is 0 Å². The Kier molecular flexibility index (Phi) is 2730. The molecule has 0 aromatic heterocycles. The van der Waals surface area contributed by atoms with Gasteiger partial charge in [-0.3, -0.25) is 0 Å². The first-order chi connectivity index (χ1) is 0. The second-order valence-corrected chi connectivity index (χ2v) is 0. The normalized spacial score (nSPS) is 0. The fraction of sp³-hybridized carbons (Fsp3) is 0. The van der Waals surface area contributed by atoms with Gasteiger partial charge >= 0.3 is 126 Å². The minimum absolute atomic E-state index is 0. The first-order valence-corrected chi connectivity index (χ1v) is 0. The molecule has 5 nitrogen and oxygen atoms in total. The molecule has 0 unspecified atom stereocenters. The molecule has 0 heterocycles. The van der Waals surface area contributed by atoms with E-state index >= 15 is 0 Å². The maximum Gasteiger partial charge on any atom is 2.00 e. The Hall–Kier alpha value is 3.83. The van der Waals surface area contributed by atoms with Crippen LogP contribution in [0.2, 0.25) is 0 Å². The molecule has 0 amide bonds. The van der Waals surface area contributed by atoms with Gasteiger partial charge in [0.05, 0.1) is 0 Å². The van der Waals surface area contributed by atoms with E-state index in [1.165, 1.54) is 0 Å². The molecule has 0 spiro atoms. The zero-order valence-corrected chi connectivity index (χ0v) is 7.56. The topological polar surface area (TPSA) is 142 Å². The van der Waals surface area contributed by atoms with Gasteiger partial charge in [0.2, 0.25) is 0 Å². The summed E-state index contributed by atoms with van der Waals surface area (Å²) in [4.78, 5) is 0. The van der Waals surface area contributed by atoms with Crippen molar-refractivity contribution in [3.63, 3.8) is 0 Å². The second kappa shape index (κ2) is 155. The van der Waals surface area contributed by atoms with Crippen molar-refractivity contribution in [3.8, 4) is 0 Å². The average Bonchev–Trinajstić information content (AvgIpc) is 0. The van der Waals surface area contributed by atoms with E-state index in [0.717, 1.165) is 0 Å². The van der Waals surface area contributed by atoms with E-state index in [2.05, 4.69) is 0 Å². The number of rotatable bonds is 0. The average molecular weight is 357 g/mol. The minimum Gasteiger partial charge on any atom is -2.00 e. The molecule has 0 fully saturated rings. The van der Waals surface area contributed by atoms with Crippen LogP contribution in [0.5, 0.6) is 0 Å². The Balaban J connectivity index is 0. The van der Waals surface area contributed by atoms with Crippen LogP contribution in [0.1, 0.15) is 0 Å². The van der Waals surface area contributed by atoms with E-state index in [9.17, 15) is 0 Å². The SMILES string of the molecule is [Fe+3].[Fe+3].[NaH].[NaH].[Ni+2].[Ni+2].[O-2].[O-2].[O-2].[O-2].[O-2]. The van der Waals surface area contributed by atoms with Gasteiger partial charge < -0.3 is 27.4 Å². The minimum atomic E-state index is 0.